The molecule has 0 bridgehead atoms. The number of ketones is 2. The maximum atomic E-state index is 12.8. The molecule has 2 nitrogen and oxygen atoms in total. The molecule has 138 valence electrons. The van der Waals surface area contributed by atoms with Gasteiger partial charge in [0.25, 0.3) is 0 Å². The van der Waals surface area contributed by atoms with Gasteiger partial charge in [0.2, 0.25) is 0 Å². The first-order valence-electron chi connectivity index (χ1n) is 9.01. The number of allylic oxidation sites excluding steroid dienone is 5. The number of hydrogen-bond acceptors (Lipinski definition) is 2. The SMILES string of the molecule is C=C(/C=C\C(=C/C)C(=O)c1cc(C)ccc1C)C(=O)c1ccc(C)c(C)c1. The van der Waals surface area contributed by atoms with Crippen molar-refractivity contribution in [3.05, 3.63) is 106 Å². The van der Waals surface area contributed by atoms with Gasteiger partial charge in [-0.1, -0.05) is 54.6 Å². The highest BCUT2D eigenvalue weighted by Crippen LogP contribution is 2.18. The van der Waals surface area contributed by atoms with Crippen LogP contribution in [-0.2, 0) is 0 Å². The van der Waals surface area contributed by atoms with E-state index in [4.69, 9.17) is 0 Å². The lowest BCUT2D eigenvalue weighted by Crippen LogP contribution is -2.05. The fraction of sp³-hybridized carbons (Fsp3) is 0.200. The van der Waals surface area contributed by atoms with Crippen LogP contribution in [0.5, 0.6) is 0 Å². The summed E-state index contributed by atoms with van der Waals surface area (Å²) < 4.78 is 0. The van der Waals surface area contributed by atoms with Gasteiger partial charge in [0.05, 0.1) is 0 Å². The van der Waals surface area contributed by atoms with Crippen molar-refractivity contribution in [1.82, 2.24) is 0 Å². The number of carbonyl (C=O) groups excluding carboxylic acids is 2. The Kier molecular flexibility index (Phi) is 6.46. The van der Waals surface area contributed by atoms with Crippen LogP contribution < -0.4 is 0 Å². The standard InChI is InChI=1S/C25H26O2/c1-7-21(25(27)23-14-16(2)8-9-18(23)4)12-11-19(5)24(26)22-13-10-17(3)20(6)15-22/h7-15H,5H2,1-4,6H3/b12-11-,21-7+. The summed E-state index contributed by atoms with van der Waals surface area (Å²) in [5.41, 5.74) is 6.36. The van der Waals surface area contributed by atoms with E-state index in [2.05, 4.69) is 6.58 Å². The Morgan fingerprint density at radius 2 is 1.48 bits per heavy atom. The summed E-state index contributed by atoms with van der Waals surface area (Å²) in [5.74, 6) is -0.189. The molecular formula is C25H26O2. The highest BCUT2D eigenvalue weighted by molar-refractivity contribution is 6.13. The average Bonchev–Trinajstić information content (AvgIpc) is 2.65. The van der Waals surface area contributed by atoms with Gasteiger partial charge < -0.3 is 0 Å². The predicted octanol–water partition coefficient (Wildman–Crippen LogP) is 6.04. The third-order valence-electron chi connectivity index (χ3n) is 4.74. The van der Waals surface area contributed by atoms with Crippen molar-refractivity contribution in [2.75, 3.05) is 0 Å². The van der Waals surface area contributed by atoms with E-state index in [-0.39, 0.29) is 11.6 Å². The van der Waals surface area contributed by atoms with Crippen molar-refractivity contribution in [3.63, 3.8) is 0 Å². The molecule has 0 amide bonds. The molecule has 2 aromatic carbocycles. The summed E-state index contributed by atoms with van der Waals surface area (Å²) in [7, 11) is 0. The molecule has 0 spiro atoms. The first kappa shape index (κ1) is 20.3. The van der Waals surface area contributed by atoms with Crippen LogP contribution in [0.1, 0.15) is 49.9 Å². The maximum absolute atomic E-state index is 12.8. The van der Waals surface area contributed by atoms with E-state index in [0.717, 1.165) is 22.3 Å². The predicted molar refractivity (Wildman–Crippen MR) is 113 cm³/mol. The highest BCUT2D eigenvalue weighted by atomic mass is 16.1. The first-order chi connectivity index (χ1) is 12.7. The minimum absolute atomic E-state index is 0.0543. The zero-order valence-corrected chi connectivity index (χ0v) is 16.7. The van der Waals surface area contributed by atoms with Crippen molar-refractivity contribution in [2.45, 2.75) is 34.6 Å². The van der Waals surface area contributed by atoms with Gasteiger partial charge in [-0.05, 0) is 63.4 Å². The molecule has 0 aliphatic carbocycles. The second-order valence-electron chi connectivity index (χ2n) is 6.88. The Labute approximate surface area is 161 Å². The van der Waals surface area contributed by atoms with Crippen molar-refractivity contribution in [3.8, 4) is 0 Å². The van der Waals surface area contributed by atoms with E-state index >= 15 is 0 Å². The summed E-state index contributed by atoms with van der Waals surface area (Å²) >= 11 is 0. The average molecular weight is 358 g/mol. The first-order valence-corrected chi connectivity index (χ1v) is 9.01. The van der Waals surface area contributed by atoms with E-state index in [1.807, 2.05) is 71.0 Å². The molecule has 2 rings (SSSR count). The van der Waals surface area contributed by atoms with Crippen LogP contribution in [0.25, 0.3) is 0 Å². The monoisotopic (exact) mass is 358 g/mol. The van der Waals surface area contributed by atoms with E-state index in [1.54, 1.807) is 18.2 Å². The quantitative estimate of drug-likeness (QED) is 0.358. The normalized spacial score (nSPS) is 11.7. The molecule has 0 saturated heterocycles. The fourth-order valence-electron chi connectivity index (χ4n) is 2.77. The Bertz CT molecular complexity index is 972. The topological polar surface area (TPSA) is 34.1 Å². The zero-order chi connectivity index (χ0) is 20.1. The number of rotatable bonds is 6. The van der Waals surface area contributed by atoms with E-state index in [0.29, 0.717) is 22.3 Å². The lowest BCUT2D eigenvalue weighted by Gasteiger charge is -2.07. The van der Waals surface area contributed by atoms with Gasteiger partial charge in [0.1, 0.15) is 0 Å². The number of benzene rings is 2. The molecule has 0 radical (unpaired) electrons. The Morgan fingerprint density at radius 3 is 2.11 bits per heavy atom. The van der Waals surface area contributed by atoms with Crippen molar-refractivity contribution >= 4 is 11.6 Å². The molecule has 0 unspecified atom stereocenters. The summed E-state index contributed by atoms with van der Waals surface area (Å²) in [6.45, 7) is 13.6. The van der Waals surface area contributed by atoms with Crippen LogP contribution in [-0.4, -0.2) is 11.6 Å². The zero-order valence-electron chi connectivity index (χ0n) is 16.7. The minimum Gasteiger partial charge on any atom is -0.289 e. The molecular weight excluding hydrogens is 332 g/mol. The number of carbonyl (C=O) groups is 2. The number of hydrogen-bond donors (Lipinski definition) is 0. The molecule has 0 atom stereocenters. The van der Waals surface area contributed by atoms with Gasteiger partial charge in [-0.25, -0.2) is 0 Å². The molecule has 0 fully saturated rings. The second-order valence-corrected chi connectivity index (χ2v) is 6.88. The molecule has 2 aromatic rings. The lowest BCUT2D eigenvalue weighted by atomic mass is 9.95. The van der Waals surface area contributed by atoms with Crippen molar-refractivity contribution < 1.29 is 9.59 Å². The van der Waals surface area contributed by atoms with Crippen LogP contribution in [0.2, 0.25) is 0 Å². The summed E-state index contributed by atoms with van der Waals surface area (Å²) in [6, 6.07) is 11.4. The smallest absolute Gasteiger partial charge is 0.192 e. The summed E-state index contributed by atoms with van der Waals surface area (Å²) in [4.78, 5) is 25.4. The van der Waals surface area contributed by atoms with Gasteiger partial charge in [0.15, 0.2) is 11.6 Å². The van der Waals surface area contributed by atoms with Crippen molar-refractivity contribution in [2.24, 2.45) is 0 Å². The van der Waals surface area contributed by atoms with Gasteiger partial charge >= 0.3 is 0 Å². The molecule has 0 heterocycles. The Morgan fingerprint density at radius 1 is 0.815 bits per heavy atom. The molecule has 0 saturated carbocycles. The van der Waals surface area contributed by atoms with Gasteiger partial charge in [-0.3, -0.25) is 9.59 Å². The molecule has 2 heteroatoms. The minimum atomic E-state index is -0.135. The van der Waals surface area contributed by atoms with E-state index in [9.17, 15) is 9.59 Å². The largest absolute Gasteiger partial charge is 0.289 e. The third-order valence-corrected chi connectivity index (χ3v) is 4.74. The Hall–Kier alpha value is -3.00. The third kappa shape index (κ3) is 4.79. The molecule has 0 aromatic heterocycles. The van der Waals surface area contributed by atoms with E-state index < -0.39 is 0 Å². The van der Waals surface area contributed by atoms with Gasteiger partial charge in [-0.15, -0.1) is 0 Å². The molecule has 27 heavy (non-hydrogen) atoms. The number of Topliss-reactive ketones (excluding diaryl/α,β-unsaturated/α-hetero) is 2. The maximum Gasteiger partial charge on any atom is 0.192 e. The van der Waals surface area contributed by atoms with E-state index in [1.165, 1.54) is 0 Å². The van der Waals surface area contributed by atoms with Crippen LogP contribution in [0.15, 0.2) is 72.4 Å². The van der Waals surface area contributed by atoms with Gasteiger partial charge in [0, 0.05) is 22.3 Å². The molecule has 0 aliphatic rings. The Balaban J connectivity index is 2.22. The van der Waals surface area contributed by atoms with Crippen LogP contribution in [0, 0.1) is 27.7 Å². The van der Waals surface area contributed by atoms with Gasteiger partial charge in [-0.2, -0.15) is 0 Å². The molecule has 0 aliphatic heterocycles. The summed E-state index contributed by atoms with van der Waals surface area (Å²) in [5, 5.41) is 0. The fourth-order valence-corrected chi connectivity index (χ4v) is 2.77. The highest BCUT2D eigenvalue weighted by Gasteiger charge is 2.13. The van der Waals surface area contributed by atoms with Crippen LogP contribution >= 0.6 is 0 Å². The molecule has 0 N–H and O–H groups in total. The van der Waals surface area contributed by atoms with Crippen LogP contribution in [0.3, 0.4) is 0 Å². The lowest BCUT2D eigenvalue weighted by molar-refractivity contribution is 0.102. The van der Waals surface area contributed by atoms with Crippen molar-refractivity contribution in [1.29, 1.82) is 0 Å². The van der Waals surface area contributed by atoms with Crippen LogP contribution in [0.4, 0.5) is 0 Å². The number of aryl methyl sites for hydroxylation is 4. The summed E-state index contributed by atoms with van der Waals surface area (Å²) in [6.07, 6.45) is 5.05. The second kappa shape index (κ2) is 8.59.